The standard InChI is InChI=1S/C5H4N4.C2H5BO2/c1-4-5(8-2-6-1)9-3-7-4;1-2-4-5-3-1/h1-3H,(H,6,7,8,9);3H,1-2H2. The van der Waals surface area contributed by atoms with Gasteiger partial charge in [-0.25, -0.2) is 15.0 Å². The maximum Gasteiger partial charge on any atom is 0.325 e. The third kappa shape index (κ3) is 2.27. The normalized spacial score (nSPS) is 14.6. The van der Waals surface area contributed by atoms with E-state index in [1.165, 1.54) is 6.33 Å². The number of rotatable bonds is 0. The Morgan fingerprint density at radius 2 is 2.43 bits per heavy atom. The molecule has 0 saturated carbocycles. The van der Waals surface area contributed by atoms with E-state index in [0.29, 0.717) is 0 Å². The Balaban J connectivity index is 0.000000128. The van der Waals surface area contributed by atoms with Gasteiger partial charge < -0.3 is 9.79 Å². The summed E-state index contributed by atoms with van der Waals surface area (Å²) in [5, 5.41) is 0. The van der Waals surface area contributed by atoms with Crippen LogP contribution in [-0.2, 0) is 9.69 Å². The topological polar surface area (TPSA) is 72.9 Å². The highest BCUT2D eigenvalue weighted by Crippen LogP contribution is 1.99. The van der Waals surface area contributed by atoms with E-state index in [9.17, 15) is 0 Å². The van der Waals surface area contributed by atoms with E-state index in [1.54, 1.807) is 12.5 Å². The highest BCUT2D eigenvalue weighted by molar-refractivity contribution is 6.27. The second-order valence-corrected chi connectivity index (χ2v) is 2.66. The molecule has 0 radical (unpaired) electrons. The minimum absolute atomic E-state index is 0.778. The molecule has 1 aliphatic heterocycles. The summed E-state index contributed by atoms with van der Waals surface area (Å²) in [6.45, 7) is 0.778. The van der Waals surface area contributed by atoms with Crippen LogP contribution in [0, 0.1) is 0 Å². The van der Waals surface area contributed by atoms with Crippen molar-refractivity contribution in [1.82, 2.24) is 19.9 Å². The fourth-order valence-electron chi connectivity index (χ4n) is 0.986. The van der Waals surface area contributed by atoms with Crippen LogP contribution in [0.5, 0.6) is 0 Å². The van der Waals surface area contributed by atoms with E-state index in [4.69, 9.17) is 0 Å². The lowest BCUT2D eigenvalue weighted by atomic mass is 9.99. The van der Waals surface area contributed by atoms with Crippen LogP contribution in [0.4, 0.5) is 0 Å². The van der Waals surface area contributed by atoms with Gasteiger partial charge in [-0.1, -0.05) is 0 Å². The van der Waals surface area contributed by atoms with Crippen LogP contribution in [0.1, 0.15) is 0 Å². The molecular weight excluding hydrogens is 183 g/mol. The summed E-state index contributed by atoms with van der Waals surface area (Å²) in [5.41, 5.74) is 1.59. The smallest absolute Gasteiger partial charge is 0.325 e. The third-order valence-electron chi connectivity index (χ3n) is 1.64. The molecule has 0 aromatic carbocycles. The Hall–Kier alpha value is -1.47. The van der Waals surface area contributed by atoms with Crippen LogP contribution >= 0.6 is 0 Å². The van der Waals surface area contributed by atoms with Crippen molar-refractivity contribution in [3.63, 3.8) is 0 Å². The van der Waals surface area contributed by atoms with Crippen LogP contribution in [0.15, 0.2) is 18.9 Å². The molecule has 7 heteroatoms. The van der Waals surface area contributed by atoms with Crippen molar-refractivity contribution in [2.24, 2.45) is 0 Å². The molecular formula is C7H9BN4O2. The zero-order valence-electron chi connectivity index (χ0n) is 7.51. The number of aromatic nitrogens is 4. The van der Waals surface area contributed by atoms with Crippen LogP contribution in [0.3, 0.4) is 0 Å². The average molecular weight is 192 g/mol. The summed E-state index contributed by atoms with van der Waals surface area (Å²) in [4.78, 5) is 23.4. The lowest BCUT2D eigenvalue weighted by molar-refractivity contribution is -0.181. The Kier molecular flexibility index (Phi) is 3.04. The molecule has 6 nitrogen and oxygen atoms in total. The molecule has 72 valence electrons. The van der Waals surface area contributed by atoms with Gasteiger partial charge in [-0.2, -0.15) is 0 Å². The number of fused-ring (bicyclic) bond motifs is 1. The summed E-state index contributed by atoms with van der Waals surface area (Å²) < 4.78 is 0. The van der Waals surface area contributed by atoms with Gasteiger partial charge in [0.25, 0.3) is 0 Å². The van der Waals surface area contributed by atoms with E-state index in [-0.39, 0.29) is 0 Å². The third-order valence-corrected chi connectivity index (χ3v) is 1.64. The second kappa shape index (κ2) is 4.68. The van der Waals surface area contributed by atoms with Crippen molar-refractivity contribution >= 4 is 18.6 Å². The molecule has 0 unspecified atom stereocenters. The molecule has 3 heterocycles. The number of hydrogen-bond acceptors (Lipinski definition) is 5. The highest BCUT2D eigenvalue weighted by atomic mass is 17.2. The Labute approximate surface area is 80.9 Å². The zero-order chi connectivity index (χ0) is 9.64. The van der Waals surface area contributed by atoms with Gasteiger partial charge in [0.05, 0.1) is 19.1 Å². The van der Waals surface area contributed by atoms with Crippen molar-refractivity contribution < 1.29 is 9.69 Å². The molecule has 2 aromatic rings. The van der Waals surface area contributed by atoms with Gasteiger partial charge in [0.2, 0.25) is 0 Å². The molecule has 2 aromatic heterocycles. The molecule has 0 bridgehead atoms. The quantitative estimate of drug-likeness (QED) is 0.472. The number of H-pyrrole nitrogens is 1. The lowest BCUT2D eigenvalue weighted by Crippen LogP contribution is -1.78. The van der Waals surface area contributed by atoms with Gasteiger partial charge >= 0.3 is 7.48 Å². The van der Waals surface area contributed by atoms with E-state index >= 15 is 0 Å². The molecule has 0 atom stereocenters. The van der Waals surface area contributed by atoms with Crippen molar-refractivity contribution in [1.29, 1.82) is 0 Å². The summed E-state index contributed by atoms with van der Waals surface area (Å²) in [6, 6.07) is 0. The van der Waals surface area contributed by atoms with Crippen LogP contribution in [0.25, 0.3) is 11.2 Å². The monoisotopic (exact) mass is 192 g/mol. The number of hydrogen-bond donors (Lipinski definition) is 1. The minimum atomic E-state index is 0.778. The SMILES string of the molecule is B1CCOO1.c1ncc2nc[nH]c2n1. The van der Waals surface area contributed by atoms with Crippen molar-refractivity contribution in [3.8, 4) is 0 Å². The average Bonchev–Trinajstić information content (AvgIpc) is 2.92. The van der Waals surface area contributed by atoms with Gasteiger partial charge in [-0.15, -0.1) is 0 Å². The first-order chi connectivity index (χ1) is 6.97. The van der Waals surface area contributed by atoms with Gasteiger partial charge in [0.15, 0.2) is 5.65 Å². The minimum Gasteiger partial charge on any atom is -0.329 e. The van der Waals surface area contributed by atoms with Crippen molar-refractivity contribution in [2.45, 2.75) is 6.32 Å². The fourth-order valence-corrected chi connectivity index (χ4v) is 0.986. The molecule has 0 amide bonds. The van der Waals surface area contributed by atoms with Gasteiger partial charge in [0, 0.05) is 0 Å². The summed E-state index contributed by atoms with van der Waals surface area (Å²) in [7, 11) is 0.778. The molecule has 14 heavy (non-hydrogen) atoms. The summed E-state index contributed by atoms with van der Waals surface area (Å²) in [6.07, 6.45) is 5.80. The predicted molar refractivity (Wildman–Crippen MR) is 50.7 cm³/mol. The van der Waals surface area contributed by atoms with E-state index in [2.05, 4.69) is 29.6 Å². The maximum absolute atomic E-state index is 4.44. The number of aromatic amines is 1. The molecule has 1 N–H and O–H groups in total. The molecule has 0 aliphatic carbocycles. The molecule has 1 fully saturated rings. The summed E-state index contributed by atoms with van der Waals surface area (Å²) >= 11 is 0. The largest absolute Gasteiger partial charge is 0.329 e. The van der Waals surface area contributed by atoms with Crippen LogP contribution in [-0.4, -0.2) is 34.0 Å². The number of nitrogens with zero attached hydrogens (tertiary/aromatic N) is 3. The highest BCUT2D eigenvalue weighted by Gasteiger charge is 1.99. The van der Waals surface area contributed by atoms with Gasteiger partial charge in [-0.3, -0.25) is 4.89 Å². The molecule has 1 aliphatic rings. The Morgan fingerprint density at radius 3 is 3.07 bits per heavy atom. The predicted octanol–water partition coefficient (Wildman–Crippen LogP) is 0.0709. The zero-order valence-corrected chi connectivity index (χ0v) is 7.51. The first-order valence-corrected chi connectivity index (χ1v) is 4.30. The Bertz CT molecular complexity index is 352. The number of nitrogens with one attached hydrogen (secondary N) is 1. The van der Waals surface area contributed by atoms with E-state index in [1.807, 2.05) is 0 Å². The molecule has 0 spiro atoms. The molecule has 1 saturated heterocycles. The van der Waals surface area contributed by atoms with Crippen molar-refractivity contribution in [2.75, 3.05) is 6.61 Å². The van der Waals surface area contributed by atoms with Crippen LogP contribution < -0.4 is 0 Å². The maximum atomic E-state index is 4.44. The van der Waals surface area contributed by atoms with Gasteiger partial charge in [0.1, 0.15) is 11.8 Å². The van der Waals surface area contributed by atoms with Gasteiger partial charge in [-0.05, 0) is 6.32 Å². The van der Waals surface area contributed by atoms with E-state index in [0.717, 1.165) is 31.6 Å². The number of imidazole rings is 1. The second-order valence-electron chi connectivity index (χ2n) is 2.66. The lowest BCUT2D eigenvalue weighted by Gasteiger charge is -1.80. The molecule has 3 rings (SSSR count). The fraction of sp³-hybridized carbons (Fsp3) is 0.286. The summed E-state index contributed by atoms with van der Waals surface area (Å²) in [5.74, 6) is 0. The first-order valence-electron chi connectivity index (χ1n) is 4.30. The first kappa shape index (κ1) is 9.10. The van der Waals surface area contributed by atoms with Crippen molar-refractivity contribution in [3.05, 3.63) is 18.9 Å². The Morgan fingerprint density at radius 1 is 1.43 bits per heavy atom. The van der Waals surface area contributed by atoms with Crippen LogP contribution in [0.2, 0.25) is 6.32 Å². The van der Waals surface area contributed by atoms with E-state index < -0.39 is 0 Å².